The van der Waals surface area contributed by atoms with E-state index >= 15 is 0 Å². The Morgan fingerprint density at radius 2 is 1.08 bits per heavy atom. The maximum atomic E-state index is 12.2. The molecule has 0 radical (unpaired) electrons. The van der Waals surface area contributed by atoms with Crippen molar-refractivity contribution in [1.82, 2.24) is 9.97 Å². The van der Waals surface area contributed by atoms with Crippen LogP contribution in [-0.4, -0.2) is 61.1 Å². The minimum atomic E-state index is -4.70. The van der Waals surface area contributed by atoms with Gasteiger partial charge in [-0.2, -0.15) is 0 Å². The van der Waals surface area contributed by atoms with Gasteiger partial charge in [-0.25, -0.2) is 26.8 Å². The maximum absolute atomic E-state index is 12.2. The third kappa shape index (κ3) is 8.83. The van der Waals surface area contributed by atoms with Crippen molar-refractivity contribution in [3.05, 3.63) is 79.7 Å². The quantitative estimate of drug-likeness (QED) is 0.0879. The smallest absolute Gasteiger partial charge is 0.744 e. The molecule has 0 bridgehead atoms. The van der Waals surface area contributed by atoms with E-state index in [9.17, 15) is 25.9 Å². The second-order valence-corrected chi connectivity index (χ2v) is 21.8. The molecule has 4 aliphatic heterocycles. The van der Waals surface area contributed by atoms with E-state index in [0.717, 1.165) is 103 Å². The number of hydrogen-bond acceptors (Lipinski definition) is 16. The van der Waals surface area contributed by atoms with E-state index in [1.54, 1.807) is 12.1 Å². The summed E-state index contributed by atoms with van der Waals surface area (Å²) >= 11 is 9.58. The first-order valence-corrected chi connectivity index (χ1v) is 25.4. The predicted octanol–water partition coefficient (Wildman–Crippen LogP) is 10.9. The van der Waals surface area contributed by atoms with Crippen molar-refractivity contribution in [3.8, 4) is 0 Å². The monoisotopic (exact) mass is 1070 g/mol. The van der Waals surface area contributed by atoms with E-state index in [2.05, 4.69) is 85.9 Å². The third-order valence-electron chi connectivity index (χ3n) is 11.4. The van der Waals surface area contributed by atoms with Gasteiger partial charge in [-0.15, -0.1) is 20.5 Å². The van der Waals surface area contributed by atoms with Gasteiger partial charge in [0.2, 0.25) is 10.3 Å². The molecule has 0 amide bonds. The normalized spacial score (nSPS) is 18.6. The Bertz CT molecular complexity index is 2840. The van der Waals surface area contributed by atoms with E-state index in [1.165, 1.54) is 22.7 Å². The van der Waals surface area contributed by atoms with Crippen LogP contribution < -0.4 is 9.80 Å². The Morgan fingerprint density at radius 3 is 1.57 bits per heavy atom. The molecule has 0 saturated heterocycles. The molecule has 2 unspecified atom stereocenters. The zero-order valence-corrected chi connectivity index (χ0v) is 40.0. The van der Waals surface area contributed by atoms with Gasteiger partial charge >= 0.3 is 16.5 Å². The number of fused-ring (bicyclic) bond motifs is 2. The number of benzene rings is 4. The van der Waals surface area contributed by atoms with Crippen molar-refractivity contribution in [2.75, 3.05) is 22.9 Å². The minimum absolute atomic E-state index is 0. The van der Waals surface area contributed by atoms with Gasteiger partial charge in [-0.05, 0) is 136 Å². The summed E-state index contributed by atoms with van der Waals surface area (Å²) in [6, 6.07) is 15.5. The Morgan fingerprint density at radius 1 is 0.639 bits per heavy atom. The Labute approximate surface area is 387 Å². The van der Waals surface area contributed by atoms with Crippen molar-refractivity contribution in [2.45, 2.75) is 87.1 Å². The van der Waals surface area contributed by atoms with Gasteiger partial charge in [0.15, 0.2) is 0 Å². The first-order valence-electron chi connectivity index (χ1n) is 19.4. The molecule has 6 heterocycles. The van der Waals surface area contributed by atoms with E-state index < -0.39 is 20.2 Å². The molecular weight excluding hydrogens is 1040 g/mol. The molecule has 320 valence electrons. The van der Waals surface area contributed by atoms with Crippen molar-refractivity contribution < 1.29 is 42.4 Å². The molecule has 0 fully saturated rings. The zero-order chi connectivity index (χ0) is 42.1. The average Bonchev–Trinajstić information content (AvgIpc) is 3.80. The van der Waals surface area contributed by atoms with Crippen LogP contribution in [0.5, 0.6) is 0 Å². The molecule has 4 aromatic carbocycles. The van der Waals surface area contributed by atoms with Crippen LogP contribution in [-0.2, 0) is 62.4 Å². The third-order valence-corrected chi connectivity index (χ3v) is 16.1. The molecule has 0 saturated carbocycles. The van der Waals surface area contributed by atoms with E-state index in [1.807, 2.05) is 36.4 Å². The Hall–Kier alpha value is -3.27. The van der Waals surface area contributed by atoms with E-state index in [4.69, 9.17) is 0 Å². The van der Waals surface area contributed by atoms with Crippen molar-refractivity contribution in [3.63, 3.8) is 0 Å². The van der Waals surface area contributed by atoms with Crippen LogP contribution in [0.25, 0.3) is 20.4 Å². The maximum Gasteiger partial charge on any atom is 2.00 e. The Kier molecular flexibility index (Phi) is 12.6. The van der Waals surface area contributed by atoms with Crippen LogP contribution >= 0.6 is 54.5 Å². The number of thiazole rings is 2. The van der Waals surface area contributed by atoms with Crippen molar-refractivity contribution in [2.24, 2.45) is 20.5 Å². The topological polar surface area (TPSA) is 196 Å². The van der Waals surface area contributed by atoms with Gasteiger partial charge < -0.3 is 18.9 Å². The molecule has 14 nitrogen and oxygen atoms in total. The molecule has 0 spiro atoms. The van der Waals surface area contributed by atoms with Crippen molar-refractivity contribution >= 4 is 128 Å². The number of azo groups is 2. The summed E-state index contributed by atoms with van der Waals surface area (Å²) in [7, 11) is -9.41. The fraction of sp³-hybridized carbons (Fsp3) is 0.350. The second kappa shape index (κ2) is 17.4. The summed E-state index contributed by atoms with van der Waals surface area (Å²) < 4.78 is 77.1. The van der Waals surface area contributed by atoms with Gasteiger partial charge in [0.05, 0.1) is 30.2 Å². The molecule has 4 aliphatic rings. The number of rotatable bonds is 6. The van der Waals surface area contributed by atoms with Crippen LogP contribution in [0.2, 0.25) is 0 Å². The molecule has 0 N–H and O–H groups in total. The fourth-order valence-corrected chi connectivity index (χ4v) is 13.2. The van der Waals surface area contributed by atoms with Gasteiger partial charge in [0.1, 0.15) is 31.6 Å². The number of aryl methyl sites for hydroxylation is 2. The summed E-state index contributed by atoms with van der Waals surface area (Å²) in [4.78, 5) is 12.9. The molecule has 21 heteroatoms. The molecule has 10 rings (SSSR count). The van der Waals surface area contributed by atoms with Crippen LogP contribution in [0.3, 0.4) is 0 Å². The number of hydrogen-bond donors (Lipinski definition) is 0. The van der Waals surface area contributed by atoms with Gasteiger partial charge in [-0.1, -0.05) is 54.5 Å². The minimum Gasteiger partial charge on any atom is -0.744 e. The van der Waals surface area contributed by atoms with Crippen LogP contribution in [0, 0.1) is 0 Å². The standard InChI is InChI=1S/2C20H19BrN4O3S2.Ni/c1-11-4-6-14-18-12(3-2-8-25(11)18)9-16(19(14)30(26,27)28)23-24-20-22-15-7-5-13(21)10-17(15)29-20;1-11-4-5-12-9-16(19(30(26,27)28)14-3-2-8-25(11)18(12)14)23-24-20-22-15-7-6-13(21)10-17(15)29-20;/h5,7,9-11H,2-4,6,8H2,1H3,(H,26,27,28);6-7,9-11H,2-5,8H2,1H3,(H,26,27,28);/q;;+2/p-2. The number of anilines is 2. The van der Waals surface area contributed by atoms with Crippen LogP contribution in [0.4, 0.5) is 33.0 Å². The molecular formula is C40H36Br2N8NiO6S4. The molecule has 61 heavy (non-hydrogen) atoms. The summed E-state index contributed by atoms with van der Waals surface area (Å²) in [6.07, 6.45) is 6.37. The zero-order valence-electron chi connectivity index (χ0n) is 32.6. The first kappa shape index (κ1) is 44.3. The van der Waals surface area contributed by atoms with Crippen LogP contribution in [0.15, 0.2) is 87.7 Å². The van der Waals surface area contributed by atoms with Gasteiger partial charge in [0, 0.05) is 45.5 Å². The number of nitrogens with zero attached hydrogens (tertiary/aromatic N) is 8. The number of halogens is 2. The molecule has 6 aromatic rings. The number of aromatic nitrogens is 2. The molecule has 2 aromatic heterocycles. The largest absolute Gasteiger partial charge is 2.00 e. The van der Waals surface area contributed by atoms with Gasteiger partial charge in [-0.3, -0.25) is 0 Å². The predicted molar refractivity (Wildman–Crippen MR) is 239 cm³/mol. The average molecular weight is 1070 g/mol. The molecule has 0 aliphatic carbocycles. The fourth-order valence-electron chi connectivity index (χ4n) is 8.83. The summed E-state index contributed by atoms with van der Waals surface area (Å²) in [5.41, 5.74) is 6.93. The van der Waals surface area contributed by atoms with Crippen LogP contribution in [0.1, 0.15) is 61.8 Å². The second-order valence-electron chi connectivity index (χ2n) is 15.3. The SMILES string of the molecule is CC1CCc2c3c(cc(N=Nc4nc5ccc(Br)cc5s4)c2S(=O)(=O)[O-])CCCN31.CC1CCc2cc(N=Nc3nc4ccc(Br)cc4s3)c(S(=O)(=O)[O-])c3c2N1CCC3.[Ni+2]. The summed E-state index contributed by atoms with van der Waals surface area (Å²) in [6.45, 7) is 6.04. The van der Waals surface area contributed by atoms with E-state index in [0.29, 0.717) is 46.3 Å². The van der Waals surface area contributed by atoms with Gasteiger partial charge in [0.25, 0.3) is 0 Å². The molecule has 2 atom stereocenters. The first-order chi connectivity index (χ1) is 28.6. The summed E-state index contributed by atoms with van der Waals surface area (Å²) in [5, 5.41) is 17.6. The summed E-state index contributed by atoms with van der Waals surface area (Å²) in [5.74, 6) is 0. The van der Waals surface area contributed by atoms with E-state index in [-0.39, 0.29) is 37.7 Å². The van der Waals surface area contributed by atoms with Crippen molar-refractivity contribution in [1.29, 1.82) is 0 Å². The Balaban J connectivity index is 0.000000166.